The van der Waals surface area contributed by atoms with Gasteiger partial charge in [0.05, 0.1) is 5.56 Å². The molecule has 74 valence electrons. The van der Waals surface area contributed by atoms with Gasteiger partial charge in [-0.25, -0.2) is 0 Å². The maximum absolute atomic E-state index is 8.89. The number of rotatable bonds is 3. The average molecular weight is 206 g/mol. The van der Waals surface area contributed by atoms with Crippen LogP contribution in [-0.2, 0) is 0 Å². The number of thioether (sulfide) groups is 1. The first-order valence-corrected chi connectivity index (χ1v) is 5.54. The second kappa shape index (κ2) is 4.92. The average Bonchev–Trinajstić information content (AvgIpc) is 2.15. The SMILES string of the molecule is CC(C)CSc1ccc(N)cc1C#N. The summed E-state index contributed by atoms with van der Waals surface area (Å²) in [7, 11) is 0. The zero-order valence-corrected chi connectivity index (χ0v) is 9.27. The topological polar surface area (TPSA) is 49.8 Å². The molecule has 0 atom stereocenters. The molecule has 0 amide bonds. The van der Waals surface area contributed by atoms with Gasteiger partial charge in [-0.2, -0.15) is 5.26 Å². The van der Waals surface area contributed by atoms with Gasteiger partial charge in [0.25, 0.3) is 0 Å². The normalized spacial score (nSPS) is 10.1. The minimum absolute atomic E-state index is 0.629. The first-order chi connectivity index (χ1) is 6.63. The van der Waals surface area contributed by atoms with E-state index in [1.165, 1.54) is 0 Å². The Morgan fingerprint density at radius 3 is 2.79 bits per heavy atom. The largest absolute Gasteiger partial charge is 0.399 e. The van der Waals surface area contributed by atoms with E-state index in [-0.39, 0.29) is 0 Å². The van der Waals surface area contributed by atoms with Crippen molar-refractivity contribution < 1.29 is 0 Å². The van der Waals surface area contributed by atoms with Crippen LogP contribution < -0.4 is 5.73 Å². The molecule has 14 heavy (non-hydrogen) atoms. The Bertz CT molecular complexity index is 353. The third-order valence-corrected chi connectivity index (χ3v) is 3.20. The summed E-state index contributed by atoms with van der Waals surface area (Å²) in [5, 5.41) is 8.89. The molecule has 0 saturated carbocycles. The van der Waals surface area contributed by atoms with Gasteiger partial charge in [0.1, 0.15) is 6.07 Å². The number of benzene rings is 1. The van der Waals surface area contributed by atoms with E-state index in [1.54, 1.807) is 17.8 Å². The highest BCUT2D eigenvalue weighted by Crippen LogP contribution is 2.25. The summed E-state index contributed by atoms with van der Waals surface area (Å²) < 4.78 is 0. The van der Waals surface area contributed by atoms with Crippen LogP contribution in [0.1, 0.15) is 19.4 Å². The fraction of sp³-hybridized carbons (Fsp3) is 0.364. The van der Waals surface area contributed by atoms with Crippen LogP contribution in [0, 0.1) is 17.2 Å². The molecular weight excluding hydrogens is 192 g/mol. The Hall–Kier alpha value is -1.14. The standard InChI is InChI=1S/C11H14N2S/c1-8(2)7-14-11-4-3-10(13)5-9(11)6-12/h3-5,8H,7,13H2,1-2H3. The highest BCUT2D eigenvalue weighted by atomic mass is 32.2. The van der Waals surface area contributed by atoms with Gasteiger partial charge in [0.2, 0.25) is 0 Å². The van der Waals surface area contributed by atoms with E-state index >= 15 is 0 Å². The van der Waals surface area contributed by atoms with Crippen molar-refractivity contribution in [1.82, 2.24) is 0 Å². The maximum Gasteiger partial charge on any atom is 0.100 e. The van der Waals surface area contributed by atoms with Gasteiger partial charge < -0.3 is 5.73 Å². The van der Waals surface area contributed by atoms with E-state index < -0.39 is 0 Å². The molecule has 0 aliphatic carbocycles. The summed E-state index contributed by atoms with van der Waals surface area (Å²) in [4.78, 5) is 1.02. The highest BCUT2D eigenvalue weighted by molar-refractivity contribution is 7.99. The van der Waals surface area contributed by atoms with Crippen LogP contribution in [0.2, 0.25) is 0 Å². The van der Waals surface area contributed by atoms with Gasteiger partial charge in [-0.3, -0.25) is 0 Å². The van der Waals surface area contributed by atoms with Gasteiger partial charge in [-0.1, -0.05) is 13.8 Å². The molecule has 1 aromatic rings. The minimum atomic E-state index is 0.629. The third kappa shape index (κ3) is 2.97. The molecule has 0 fully saturated rings. The Labute approximate surface area is 89.1 Å². The number of anilines is 1. The number of nitriles is 1. The molecule has 3 heteroatoms. The maximum atomic E-state index is 8.89. The van der Waals surface area contributed by atoms with Crippen molar-refractivity contribution in [3.05, 3.63) is 23.8 Å². The lowest BCUT2D eigenvalue weighted by Gasteiger charge is -2.06. The number of hydrogen-bond acceptors (Lipinski definition) is 3. The van der Waals surface area contributed by atoms with Crippen molar-refractivity contribution >= 4 is 17.4 Å². The number of nitrogen functional groups attached to an aromatic ring is 1. The fourth-order valence-corrected chi connectivity index (χ4v) is 1.95. The monoisotopic (exact) mass is 206 g/mol. The van der Waals surface area contributed by atoms with E-state index in [2.05, 4.69) is 19.9 Å². The van der Waals surface area contributed by atoms with Crippen LogP contribution in [0.3, 0.4) is 0 Å². The van der Waals surface area contributed by atoms with Crippen LogP contribution >= 0.6 is 11.8 Å². The molecule has 0 aliphatic heterocycles. The molecule has 0 aromatic heterocycles. The molecular formula is C11H14N2S. The smallest absolute Gasteiger partial charge is 0.100 e. The van der Waals surface area contributed by atoms with Crippen LogP contribution in [0.25, 0.3) is 0 Å². The Morgan fingerprint density at radius 2 is 2.21 bits per heavy atom. The zero-order chi connectivity index (χ0) is 10.6. The molecule has 0 spiro atoms. The summed E-state index contributed by atoms with van der Waals surface area (Å²) in [6.45, 7) is 4.33. The first-order valence-electron chi connectivity index (χ1n) is 4.56. The van der Waals surface area contributed by atoms with Crippen molar-refractivity contribution in [3.8, 4) is 6.07 Å². The number of nitrogens with two attached hydrogens (primary N) is 1. The molecule has 0 saturated heterocycles. The summed E-state index contributed by atoms with van der Waals surface area (Å²) in [5.41, 5.74) is 6.92. The Morgan fingerprint density at radius 1 is 1.50 bits per heavy atom. The van der Waals surface area contributed by atoms with Gasteiger partial charge in [-0.15, -0.1) is 11.8 Å². The van der Waals surface area contributed by atoms with E-state index in [4.69, 9.17) is 11.0 Å². The lowest BCUT2D eigenvalue weighted by Crippen LogP contribution is -1.93. The van der Waals surface area contributed by atoms with E-state index in [1.807, 2.05) is 12.1 Å². The Balaban J connectivity index is 2.82. The van der Waals surface area contributed by atoms with Gasteiger partial charge in [0.15, 0.2) is 0 Å². The van der Waals surface area contributed by atoms with Crippen molar-refractivity contribution in [1.29, 1.82) is 5.26 Å². The molecule has 2 N–H and O–H groups in total. The predicted octanol–water partition coefficient (Wildman–Crippen LogP) is 2.89. The number of nitrogens with zero attached hydrogens (tertiary/aromatic N) is 1. The molecule has 0 heterocycles. The molecule has 1 aromatic carbocycles. The lowest BCUT2D eigenvalue weighted by atomic mass is 10.2. The van der Waals surface area contributed by atoms with E-state index in [9.17, 15) is 0 Å². The summed E-state index contributed by atoms with van der Waals surface area (Å²) in [6.07, 6.45) is 0. The lowest BCUT2D eigenvalue weighted by molar-refractivity contribution is 0.750. The van der Waals surface area contributed by atoms with Crippen LogP contribution in [-0.4, -0.2) is 5.75 Å². The molecule has 0 aliphatic rings. The summed E-state index contributed by atoms with van der Waals surface area (Å²) in [5.74, 6) is 1.66. The summed E-state index contributed by atoms with van der Waals surface area (Å²) >= 11 is 1.71. The second-order valence-electron chi connectivity index (χ2n) is 3.57. The van der Waals surface area contributed by atoms with E-state index in [0.717, 1.165) is 10.6 Å². The quantitative estimate of drug-likeness (QED) is 0.611. The Kier molecular flexibility index (Phi) is 3.84. The first kappa shape index (κ1) is 10.9. The van der Waals surface area contributed by atoms with Crippen molar-refractivity contribution in [2.75, 3.05) is 11.5 Å². The van der Waals surface area contributed by atoms with Crippen LogP contribution in [0.4, 0.5) is 5.69 Å². The van der Waals surface area contributed by atoms with Crippen molar-refractivity contribution in [2.24, 2.45) is 5.92 Å². The van der Waals surface area contributed by atoms with Crippen molar-refractivity contribution in [3.63, 3.8) is 0 Å². The molecule has 0 radical (unpaired) electrons. The molecule has 2 nitrogen and oxygen atoms in total. The zero-order valence-electron chi connectivity index (χ0n) is 8.45. The van der Waals surface area contributed by atoms with Gasteiger partial charge in [-0.05, 0) is 24.1 Å². The fourth-order valence-electron chi connectivity index (χ4n) is 1.02. The molecule has 1 rings (SSSR count). The number of hydrogen-bond donors (Lipinski definition) is 1. The van der Waals surface area contributed by atoms with Gasteiger partial charge >= 0.3 is 0 Å². The predicted molar refractivity (Wildman–Crippen MR) is 61.1 cm³/mol. The third-order valence-electron chi connectivity index (χ3n) is 1.70. The van der Waals surface area contributed by atoms with Crippen LogP contribution in [0.15, 0.2) is 23.1 Å². The molecule has 0 bridgehead atoms. The molecule has 0 unspecified atom stereocenters. The minimum Gasteiger partial charge on any atom is -0.399 e. The second-order valence-corrected chi connectivity index (χ2v) is 4.63. The highest BCUT2D eigenvalue weighted by Gasteiger charge is 2.04. The van der Waals surface area contributed by atoms with Gasteiger partial charge in [0, 0.05) is 16.3 Å². The van der Waals surface area contributed by atoms with E-state index in [0.29, 0.717) is 17.2 Å². The van der Waals surface area contributed by atoms with Crippen molar-refractivity contribution in [2.45, 2.75) is 18.7 Å². The van der Waals surface area contributed by atoms with Crippen LogP contribution in [0.5, 0.6) is 0 Å². The summed E-state index contributed by atoms with van der Waals surface area (Å²) in [6, 6.07) is 7.64.